The van der Waals surface area contributed by atoms with Gasteiger partial charge in [-0.2, -0.15) is 0 Å². The lowest BCUT2D eigenvalue weighted by Crippen LogP contribution is -2.36. The lowest BCUT2D eigenvalue weighted by atomic mass is 10.4. The molecule has 6 nitrogen and oxygen atoms in total. The highest BCUT2D eigenvalue weighted by Crippen LogP contribution is 2.45. The second-order valence-electron chi connectivity index (χ2n) is 4.41. The molecule has 1 N–H and O–H groups in total. The molecule has 2 atom stereocenters. The Morgan fingerprint density at radius 2 is 1.72 bits per heavy atom. The van der Waals surface area contributed by atoms with E-state index in [1.807, 2.05) is 0 Å². The van der Waals surface area contributed by atoms with Crippen LogP contribution >= 0.6 is 7.75 Å². The Kier molecular flexibility index (Phi) is 7.71. The van der Waals surface area contributed by atoms with Gasteiger partial charge in [0.25, 0.3) is 0 Å². The predicted octanol–water partition coefficient (Wildman–Crippen LogP) is 2.49. The lowest BCUT2D eigenvalue weighted by molar-refractivity contribution is -0.149. The van der Waals surface area contributed by atoms with Crippen molar-refractivity contribution in [2.75, 3.05) is 6.61 Å². The molecule has 0 aliphatic heterocycles. The first-order chi connectivity index (χ1) is 8.20. The van der Waals surface area contributed by atoms with Gasteiger partial charge in [-0.1, -0.05) is 0 Å². The van der Waals surface area contributed by atoms with Crippen LogP contribution in [0.1, 0.15) is 41.5 Å². The SMILES string of the molecule is CCOP(=O)(N[C@@H](C)C(=O)OC(C)C)OC(C)C. The summed E-state index contributed by atoms with van der Waals surface area (Å²) in [5.74, 6) is -0.489. The Bertz CT molecular complexity index is 306. The van der Waals surface area contributed by atoms with E-state index in [4.69, 9.17) is 13.8 Å². The summed E-state index contributed by atoms with van der Waals surface area (Å²) in [7, 11) is -3.48. The predicted molar refractivity (Wildman–Crippen MR) is 69.3 cm³/mol. The van der Waals surface area contributed by atoms with Crippen LogP contribution in [0.3, 0.4) is 0 Å². The zero-order chi connectivity index (χ0) is 14.3. The van der Waals surface area contributed by atoms with Crippen molar-refractivity contribution in [3.05, 3.63) is 0 Å². The van der Waals surface area contributed by atoms with Crippen molar-refractivity contribution >= 4 is 13.7 Å². The van der Waals surface area contributed by atoms with Crippen LogP contribution in [0.5, 0.6) is 0 Å². The molecule has 0 heterocycles. The molecule has 0 rings (SSSR count). The third kappa shape index (κ3) is 7.11. The number of nitrogens with one attached hydrogen (secondary N) is 1. The fraction of sp³-hybridized carbons (Fsp3) is 0.909. The van der Waals surface area contributed by atoms with E-state index in [0.29, 0.717) is 0 Å². The van der Waals surface area contributed by atoms with E-state index < -0.39 is 19.8 Å². The van der Waals surface area contributed by atoms with Crippen molar-refractivity contribution in [2.24, 2.45) is 0 Å². The molecule has 1 unspecified atom stereocenters. The Hall–Kier alpha value is -0.420. The van der Waals surface area contributed by atoms with Crippen molar-refractivity contribution in [1.29, 1.82) is 0 Å². The largest absolute Gasteiger partial charge is 0.462 e. The third-order valence-corrected chi connectivity index (χ3v) is 3.71. The molecule has 0 aromatic rings. The van der Waals surface area contributed by atoms with Gasteiger partial charge in [0.15, 0.2) is 0 Å². The molecule has 0 aliphatic rings. The molecule has 0 bridgehead atoms. The van der Waals surface area contributed by atoms with E-state index in [1.54, 1.807) is 41.5 Å². The van der Waals surface area contributed by atoms with Crippen LogP contribution in [0.25, 0.3) is 0 Å². The van der Waals surface area contributed by atoms with Gasteiger partial charge in [-0.3, -0.25) is 13.8 Å². The minimum atomic E-state index is -3.48. The Morgan fingerprint density at radius 3 is 2.11 bits per heavy atom. The van der Waals surface area contributed by atoms with Gasteiger partial charge >= 0.3 is 13.7 Å². The minimum Gasteiger partial charge on any atom is -0.462 e. The maximum absolute atomic E-state index is 12.3. The van der Waals surface area contributed by atoms with Gasteiger partial charge in [-0.05, 0) is 41.5 Å². The molecule has 0 saturated carbocycles. The molecule has 0 aliphatic carbocycles. The van der Waals surface area contributed by atoms with Crippen LogP contribution in [0, 0.1) is 0 Å². The fourth-order valence-electron chi connectivity index (χ4n) is 1.17. The summed E-state index contributed by atoms with van der Waals surface area (Å²) in [5, 5.41) is 2.57. The van der Waals surface area contributed by atoms with Crippen molar-refractivity contribution in [1.82, 2.24) is 5.09 Å². The van der Waals surface area contributed by atoms with E-state index in [0.717, 1.165) is 0 Å². The standard InChI is InChI=1S/C11H24NO5P/c1-7-15-18(14,17-9(4)5)12-10(6)11(13)16-8(2)3/h8-10H,7H2,1-6H3,(H,12,14)/t10-,18?/m0/s1. The Balaban J connectivity index is 4.57. The van der Waals surface area contributed by atoms with E-state index in [2.05, 4.69) is 5.09 Å². The van der Waals surface area contributed by atoms with E-state index in [-0.39, 0.29) is 18.8 Å². The Labute approximate surface area is 109 Å². The smallest absolute Gasteiger partial charge is 0.406 e. The zero-order valence-corrected chi connectivity index (χ0v) is 12.8. The highest BCUT2D eigenvalue weighted by Gasteiger charge is 2.31. The fourth-order valence-corrected chi connectivity index (χ4v) is 2.84. The molecular weight excluding hydrogens is 257 g/mol. The molecular formula is C11H24NO5P. The molecule has 0 saturated heterocycles. The summed E-state index contributed by atoms with van der Waals surface area (Å²) >= 11 is 0. The van der Waals surface area contributed by atoms with Crippen LogP contribution in [-0.2, 0) is 23.1 Å². The van der Waals surface area contributed by atoms with Gasteiger partial charge in [-0.15, -0.1) is 0 Å². The zero-order valence-electron chi connectivity index (χ0n) is 11.9. The van der Waals surface area contributed by atoms with Crippen LogP contribution < -0.4 is 5.09 Å². The molecule has 108 valence electrons. The van der Waals surface area contributed by atoms with Crippen molar-refractivity contribution in [2.45, 2.75) is 59.8 Å². The van der Waals surface area contributed by atoms with Gasteiger partial charge in [0.2, 0.25) is 0 Å². The Morgan fingerprint density at radius 1 is 1.17 bits per heavy atom. The van der Waals surface area contributed by atoms with Crippen LogP contribution in [-0.4, -0.2) is 30.8 Å². The number of hydrogen-bond acceptors (Lipinski definition) is 5. The summed E-state index contributed by atoms with van der Waals surface area (Å²) in [6, 6.07) is -0.761. The molecule has 0 fully saturated rings. The first-order valence-corrected chi connectivity index (χ1v) is 7.65. The van der Waals surface area contributed by atoms with Gasteiger partial charge in [0.05, 0.1) is 18.8 Å². The highest BCUT2D eigenvalue weighted by molar-refractivity contribution is 7.51. The lowest BCUT2D eigenvalue weighted by Gasteiger charge is -2.23. The summed E-state index contributed by atoms with van der Waals surface area (Å²) in [6.07, 6.45) is -0.498. The molecule has 0 aromatic heterocycles. The van der Waals surface area contributed by atoms with Crippen molar-refractivity contribution in [3.8, 4) is 0 Å². The third-order valence-electron chi connectivity index (χ3n) is 1.71. The van der Waals surface area contributed by atoms with E-state index in [9.17, 15) is 9.36 Å². The number of rotatable bonds is 8. The van der Waals surface area contributed by atoms with Gasteiger partial charge in [0, 0.05) is 0 Å². The molecule has 18 heavy (non-hydrogen) atoms. The van der Waals surface area contributed by atoms with E-state index in [1.165, 1.54) is 0 Å². The van der Waals surface area contributed by atoms with Gasteiger partial charge in [0.1, 0.15) is 6.04 Å². The van der Waals surface area contributed by atoms with Gasteiger partial charge < -0.3 is 4.74 Å². The average molecular weight is 281 g/mol. The number of hydrogen-bond donors (Lipinski definition) is 1. The summed E-state index contributed by atoms with van der Waals surface area (Å²) in [5.41, 5.74) is 0. The molecule has 0 amide bonds. The molecule has 0 radical (unpaired) electrons. The number of esters is 1. The summed E-state index contributed by atoms with van der Waals surface area (Å²) in [4.78, 5) is 11.6. The van der Waals surface area contributed by atoms with Crippen LogP contribution in [0.15, 0.2) is 0 Å². The van der Waals surface area contributed by atoms with Crippen LogP contribution in [0.2, 0.25) is 0 Å². The topological polar surface area (TPSA) is 73.9 Å². The maximum Gasteiger partial charge on any atom is 0.406 e. The first-order valence-electron chi connectivity index (χ1n) is 6.11. The monoisotopic (exact) mass is 281 g/mol. The van der Waals surface area contributed by atoms with E-state index >= 15 is 0 Å². The highest BCUT2D eigenvalue weighted by atomic mass is 31.2. The normalized spacial score (nSPS) is 16.7. The summed E-state index contributed by atoms with van der Waals surface area (Å²) < 4.78 is 27.6. The number of carbonyl (C=O) groups is 1. The van der Waals surface area contributed by atoms with Crippen molar-refractivity contribution in [3.63, 3.8) is 0 Å². The molecule has 0 aromatic carbocycles. The number of ether oxygens (including phenoxy) is 1. The molecule has 7 heteroatoms. The van der Waals surface area contributed by atoms with Gasteiger partial charge in [-0.25, -0.2) is 9.65 Å². The van der Waals surface area contributed by atoms with Crippen molar-refractivity contribution < 1.29 is 23.1 Å². The average Bonchev–Trinajstić information content (AvgIpc) is 2.14. The molecule has 0 spiro atoms. The first kappa shape index (κ1) is 17.6. The summed E-state index contributed by atoms with van der Waals surface area (Å²) in [6.45, 7) is 10.5. The maximum atomic E-state index is 12.3. The number of carbonyl (C=O) groups excluding carboxylic acids is 1. The second kappa shape index (κ2) is 7.89. The second-order valence-corrected chi connectivity index (χ2v) is 6.13. The quantitative estimate of drug-likeness (QED) is 0.544. The minimum absolute atomic E-state index is 0.223. The van der Waals surface area contributed by atoms with Crippen LogP contribution in [0.4, 0.5) is 0 Å².